The first-order valence-electron chi connectivity index (χ1n) is 6.25. The molecule has 7 nitrogen and oxygen atoms in total. The number of nitrogens with one attached hydrogen (secondary N) is 2. The zero-order chi connectivity index (χ0) is 15.2. The quantitative estimate of drug-likeness (QED) is 0.896. The maximum absolute atomic E-state index is 12.4. The maximum Gasteiger partial charge on any atom is 0.267 e. The smallest absolute Gasteiger partial charge is 0.267 e. The van der Waals surface area contributed by atoms with Gasteiger partial charge in [0, 0.05) is 11.4 Å². The van der Waals surface area contributed by atoms with Crippen molar-refractivity contribution in [2.24, 2.45) is 0 Å². The molecule has 21 heavy (non-hydrogen) atoms. The van der Waals surface area contributed by atoms with Gasteiger partial charge in [-0.15, -0.1) is 0 Å². The summed E-state index contributed by atoms with van der Waals surface area (Å²) in [5, 5.41) is 6.34. The predicted molar refractivity (Wildman–Crippen MR) is 75.6 cm³/mol. The van der Waals surface area contributed by atoms with Crippen LogP contribution in [0.4, 0.5) is 11.4 Å². The van der Waals surface area contributed by atoms with Crippen molar-refractivity contribution in [3.63, 3.8) is 0 Å². The number of hydrogen-bond acceptors (Lipinski definition) is 5. The first kappa shape index (κ1) is 13.6. The Morgan fingerprint density at radius 1 is 1.33 bits per heavy atom. The van der Waals surface area contributed by atoms with E-state index in [0.29, 0.717) is 17.1 Å². The van der Waals surface area contributed by atoms with Crippen molar-refractivity contribution in [3.05, 3.63) is 35.2 Å². The van der Waals surface area contributed by atoms with E-state index in [0.717, 1.165) is 5.56 Å². The predicted octanol–water partition coefficient (Wildman–Crippen LogP) is 1.59. The highest BCUT2D eigenvalue weighted by Crippen LogP contribution is 2.28. The van der Waals surface area contributed by atoms with E-state index in [-0.39, 0.29) is 23.0 Å². The second kappa shape index (κ2) is 4.59. The van der Waals surface area contributed by atoms with Crippen LogP contribution in [0.1, 0.15) is 17.0 Å². The number of benzene rings is 1. The third-order valence-electron chi connectivity index (χ3n) is 3.22. The van der Waals surface area contributed by atoms with Gasteiger partial charge < -0.3 is 9.84 Å². The summed E-state index contributed by atoms with van der Waals surface area (Å²) in [4.78, 5) is 11.3. The van der Waals surface area contributed by atoms with Crippen LogP contribution in [0.2, 0.25) is 0 Å². The summed E-state index contributed by atoms with van der Waals surface area (Å²) < 4.78 is 32.1. The van der Waals surface area contributed by atoms with Gasteiger partial charge in [-0.3, -0.25) is 9.52 Å². The lowest BCUT2D eigenvalue weighted by molar-refractivity contribution is -0.115. The fourth-order valence-corrected chi connectivity index (χ4v) is 3.74. The lowest BCUT2D eigenvalue weighted by Crippen LogP contribution is -2.14. The molecule has 0 saturated carbocycles. The van der Waals surface area contributed by atoms with E-state index in [4.69, 9.17) is 4.52 Å². The van der Waals surface area contributed by atoms with Crippen LogP contribution in [-0.4, -0.2) is 19.5 Å². The van der Waals surface area contributed by atoms with E-state index in [9.17, 15) is 13.2 Å². The number of amides is 1. The lowest BCUT2D eigenvalue weighted by Gasteiger charge is -2.08. The number of carbonyl (C=O) groups excluding carboxylic acids is 1. The molecule has 1 aromatic heterocycles. The summed E-state index contributed by atoms with van der Waals surface area (Å²) in [5.41, 5.74) is 2.17. The third-order valence-corrected chi connectivity index (χ3v) is 4.84. The molecule has 1 amide bonds. The van der Waals surface area contributed by atoms with Gasteiger partial charge in [0.05, 0.1) is 6.42 Å². The summed E-state index contributed by atoms with van der Waals surface area (Å²) in [6.45, 7) is 3.11. The normalized spacial score (nSPS) is 13.9. The molecule has 0 spiro atoms. The fourth-order valence-electron chi connectivity index (χ4n) is 2.36. The van der Waals surface area contributed by atoms with Gasteiger partial charge in [0.15, 0.2) is 10.7 Å². The summed E-state index contributed by atoms with van der Waals surface area (Å²) in [6, 6.07) is 4.91. The van der Waals surface area contributed by atoms with Crippen LogP contribution in [0.15, 0.2) is 27.6 Å². The van der Waals surface area contributed by atoms with E-state index in [1.165, 1.54) is 0 Å². The molecule has 0 bridgehead atoms. The monoisotopic (exact) mass is 307 g/mol. The lowest BCUT2D eigenvalue weighted by atomic mass is 10.1. The molecule has 2 aromatic rings. The Balaban J connectivity index is 1.94. The Morgan fingerprint density at radius 3 is 2.76 bits per heavy atom. The number of sulfonamides is 1. The second-order valence-electron chi connectivity index (χ2n) is 4.86. The van der Waals surface area contributed by atoms with Crippen molar-refractivity contribution < 1.29 is 17.7 Å². The van der Waals surface area contributed by atoms with E-state index >= 15 is 0 Å². The molecule has 3 rings (SSSR count). The van der Waals surface area contributed by atoms with Crippen LogP contribution in [0.25, 0.3) is 0 Å². The Kier molecular flexibility index (Phi) is 2.98. The number of hydrogen-bond donors (Lipinski definition) is 2. The average molecular weight is 307 g/mol. The van der Waals surface area contributed by atoms with Crippen LogP contribution < -0.4 is 10.0 Å². The van der Waals surface area contributed by atoms with Gasteiger partial charge in [0.2, 0.25) is 5.91 Å². The van der Waals surface area contributed by atoms with E-state index < -0.39 is 10.0 Å². The highest BCUT2D eigenvalue weighted by atomic mass is 32.2. The van der Waals surface area contributed by atoms with Gasteiger partial charge in [-0.25, -0.2) is 8.42 Å². The molecule has 0 saturated heterocycles. The van der Waals surface area contributed by atoms with Crippen molar-refractivity contribution in [3.8, 4) is 0 Å². The molecule has 1 aromatic carbocycles. The fraction of sp³-hybridized carbons (Fsp3) is 0.231. The molecular weight excluding hydrogens is 294 g/mol. The number of aromatic nitrogens is 1. The zero-order valence-corrected chi connectivity index (χ0v) is 12.2. The largest absolute Gasteiger partial charge is 0.360 e. The van der Waals surface area contributed by atoms with E-state index in [2.05, 4.69) is 15.2 Å². The molecule has 0 fully saturated rings. The number of fused-ring (bicyclic) bond motifs is 1. The second-order valence-corrected chi connectivity index (χ2v) is 6.47. The first-order valence-corrected chi connectivity index (χ1v) is 7.73. The van der Waals surface area contributed by atoms with Gasteiger partial charge in [-0.1, -0.05) is 5.16 Å². The van der Waals surface area contributed by atoms with Crippen LogP contribution in [-0.2, 0) is 21.2 Å². The van der Waals surface area contributed by atoms with Crippen molar-refractivity contribution in [2.75, 3.05) is 10.0 Å². The Bertz CT molecular complexity index is 820. The SMILES string of the molecule is Cc1noc(C)c1S(=O)(=O)Nc1ccc2c(c1)CC(=O)N2. The van der Waals surface area contributed by atoms with Gasteiger partial charge >= 0.3 is 0 Å². The average Bonchev–Trinajstić information content (AvgIpc) is 2.90. The zero-order valence-electron chi connectivity index (χ0n) is 11.4. The summed E-state index contributed by atoms with van der Waals surface area (Å²) in [5.74, 6) is 0.133. The molecular formula is C13H13N3O4S. The minimum atomic E-state index is -3.77. The summed E-state index contributed by atoms with van der Waals surface area (Å²) in [6.07, 6.45) is 0.246. The summed E-state index contributed by atoms with van der Waals surface area (Å²) >= 11 is 0. The molecule has 8 heteroatoms. The van der Waals surface area contributed by atoms with Crippen molar-refractivity contribution in [1.29, 1.82) is 0 Å². The third kappa shape index (κ3) is 2.38. The molecule has 2 N–H and O–H groups in total. The Hall–Kier alpha value is -2.35. The molecule has 0 atom stereocenters. The minimum absolute atomic E-state index is 0.0391. The molecule has 2 heterocycles. The van der Waals surface area contributed by atoms with E-state index in [1.807, 2.05) is 0 Å². The highest BCUT2D eigenvalue weighted by molar-refractivity contribution is 7.92. The van der Waals surface area contributed by atoms with Gasteiger partial charge in [0.25, 0.3) is 10.0 Å². The van der Waals surface area contributed by atoms with Gasteiger partial charge in [0.1, 0.15) is 5.69 Å². The molecule has 0 unspecified atom stereocenters. The molecule has 110 valence electrons. The van der Waals surface area contributed by atoms with Gasteiger partial charge in [-0.05, 0) is 37.6 Å². The molecule has 1 aliphatic rings. The molecule has 0 radical (unpaired) electrons. The Morgan fingerprint density at radius 2 is 2.10 bits per heavy atom. The first-order chi connectivity index (χ1) is 9.87. The minimum Gasteiger partial charge on any atom is -0.360 e. The van der Waals surface area contributed by atoms with Crippen LogP contribution >= 0.6 is 0 Å². The topological polar surface area (TPSA) is 101 Å². The van der Waals surface area contributed by atoms with Crippen molar-refractivity contribution >= 4 is 27.3 Å². The number of carbonyl (C=O) groups is 1. The highest BCUT2D eigenvalue weighted by Gasteiger charge is 2.25. The number of rotatable bonds is 3. The van der Waals surface area contributed by atoms with Crippen molar-refractivity contribution in [1.82, 2.24) is 5.16 Å². The van der Waals surface area contributed by atoms with Crippen LogP contribution in [0.3, 0.4) is 0 Å². The van der Waals surface area contributed by atoms with Gasteiger partial charge in [-0.2, -0.15) is 0 Å². The van der Waals surface area contributed by atoms with Crippen LogP contribution in [0, 0.1) is 13.8 Å². The standard InChI is InChI=1S/C13H13N3O4S/c1-7-13(8(2)20-15-7)21(18,19)16-10-3-4-11-9(5-10)6-12(17)14-11/h3-5,16H,6H2,1-2H3,(H,14,17). The number of aryl methyl sites for hydroxylation is 2. The number of anilines is 2. The maximum atomic E-state index is 12.4. The molecule has 0 aliphatic carbocycles. The molecule has 1 aliphatic heterocycles. The Labute approximate surface area is 121 Å². The summed E-state index contributed by atoms with van der Waals surface area (Å²) in [7, 11) is -3.77. The van der Waals surface area contributed by atoms with Crippen molar-refractivity contribution in [2.45, 2.75) is 25.2 Å². The van der Waals surface area contributed by atoms with E-state index in [1.54, 1.807) is 32.0 Å². The van der Waals surface area contributed by atoms with Crippen LogP contribution in [0.5, 0.6) is 0 Å². The number of nitrogens with zero attached hydrogens (tertiary/aromatic N) is 1.